The molecule has 1 aromatic carbocycles. The second kappa shape index (κ2) is 7.90. The first-order valence-corrected chi connectivity index (χ1v) is 11.6. The fourth-order valence-electron chi connectivity index (χ4n) is 3.03. The van der Waals surface area contributed by atoms with Gasteiger partial charge >= 0.3 is 0 Å². The van der Waals surface area contributed by atoms with Gasteiger partial charge in [0.25, 0.3) is 0 Å². The number of aryl methyl sites for hydroxylation is 2. The summed E-state index contributed by atoms with van der Waals surface area (Å²) in [5, 5.41) is 5.07. The lowest BCUT2D eigenvalue weighted by atomic mass is 10.2. The van der Waals surface area contributed by atoms with Gasteiger partial charge in [-0.2, -0.15) is 5.10 Å². The molecule has 0 spiro atoms. The molecule has 3 aromatic rings. The van der Waals surface area contributed by atoms with Crippen molar-refractivity contribution >= 4 is 38.8 Å². The van der Waals surface area contributed by atoms with E-state index in [2.05, 4.69) is 10.1 Å². The van der Waals surface area contributed by atoms with Crippen molar-refractivity contribution in [2.45, 2.75) is 42.1 Å². The van der Waals surface area contributed by atoms with Gasteiger partial charge in [0.1, 0.15) is 10.8 Å². The smallest absolute Gasteiger partial charge is 0.213 e. The summed E-state index contributed by atoms with van der Waals surface area (Å²) in [4.78, 5) is 4.63. The first-order valence-electron chi connectivity index (χ1n) is 8.56. The fraction of sp³-hybridized carbons (Fsp3) is 0.333. The predicted molar refractivity (Wildman–Crippen MR) is 110 cm³/mol. The molecule has 10 heteroatoms. The largest absolute Gasteiger partial charge is 0.492 e. The number of hydrogen-bond donors (Lipinski definition) is 1. The Balaban J connectivity index is 2.28. The third-order valence-corrected chi connectivity index (χ3v) is 7.32. The van der Waals surface area contributed by atoms with Gasteiger partial charge in [-0.25, -0.2) is 17.9 Å². The number of rotatable bonds is 6. The average molecular weight is 441 g/mol. The highest BCUT2D eigenvalue weighted by molar-refractivity contribution is 7.99. The molecule has 0 radical (unpaired) electrons. The van der Waals surface area contributed by atoms with Crippen LogP contribution in [0.2, 0.25) is 5.02 Å². The van der Waals surface area contributed by atoms with E-state index >= 15 is 0 Å². The standard InChI is InChI=1S/C18H21ClN4O3S2/c1-5-26-15-7-6-12(8-14(15)19)28(24,25)16-17-21-10(2)13(9-20)11(3)23(17)22-18(16)27-4/h6-8H,5,9,20H2,1-4H3. The molecule has 3 rings (SSSR count). The first kappa shape index (κ1) is 20.9. The summed E-state index contributed by atoms with van der Waals surface area (Å²) >= 11 is 7.46. The van der Waals surface area contributed by atoms with E-state index < -0.39 is 9.84 Å². The predicted octanol–water partition coefficient (Wildman–Crippen LogP) is 3.41. The van der Waals surface area contributed by atoms with Gasteiger partial charge in [0, 0.05) is 23.5 Å². The number of halogens is 1. The maximum absolute atomic E-state index is 13.5. The molecule has 0 amide bonds. The molecule has 2 heterocycles. The second-order valence-corrected chi connectivity index (χ2v) is 9.16. The molecule has 0 atom stereocenters. The van der Waals surface area contributed by atoms with Crippen LogP contribution in [0, 0.1) is 13.8 Å². The molecule has 0 aliphatic rings. The lowest BCUT2D eigenvalue weighted by molar-refractivity contribution is 0.340. The van der Waals surface area contributed by atoms with Crippen molar-refractivity contribution in [3.63, 3.8) is 0 Å². The van der Waals surface area contributed by atoms with Gasteiger partial charge in [0.15, 0.2) is 10.5 Å². The topological polar surface area (TPSA) is 99.6 Å². The summed E-state index contributed by atoms with van der Waals surface area (Å²) in [6.07, 6.45) is 1.78. The molecule has 0 saturated heterocycles. The van der Waals surface area contributed by atoms with Gasteiger partial charge in [0.2, 0.25) is 9.84 Å². The summed E-state index contributed by atoms with van der Waals surface area (Å²) in [6, 6.07) is 4.43. The molecule has 0 bridgehead atoms. The molecule has 0 aliphatic heterocycles. The van der Waals surface area contributed by atoms with Crippen molar-refractivity contribution in [3.05, 3.63) is 40.2 Å². The first-order chi connectivity index (χ1) is 13.3. The molecule has 2 N–H and O–H groups in total. The summed E-state index contributed by atoms with van der Waals surface area (Å²) in [5.41, 5.74) is 8.40. The number of ether oxygens (including phenoxy) is 1. The minimum atomic E-state index is -3.91. The van der Waals surface area contributed by atoms with Crippen molar-refractivity contribution < 1.29 is 13.2 Å². The van der Waals surface area contributed by atoms with Crippen LogP contribution in [-0.2, 0) is 16.4 Å². The molecule has 0 saturated carbocycles. The molecular formula is C18H21ClN4O3S2. The maximum atomic E-state index is 13.5. The second-order valence-electron chi connectivity index (χ2n) is 6.07. The molecule has 0 unspecified atom stereocenters. The Hall–Kier alpha value is -1.81. The monoisotopic (exact) mass is 440 g/mol. The van der Waals surface area contributed by atoms with Crippen LogP contribution in [0.3, 0.4) is 0 Å². The zero-order chi connectivity index (χ0) is 20.6. The average Bonchev–Trinajstić information content (AvgIpc) is 3.03. The molecule has 28 heavy (non-hydrogen) atoms. The number of aromatic nitrogens is 3. The van der Waals surface area contributed by atoms with Crippen LogP contribution in [0.1, 0.15) is 23.9 Å². The zero-order valence-corrected chi connectivity index (χ0v) is 18.4. The van der Waals surface area contributed by atoms with Gasteiger partial charge in [-0.05, 0) is 45.2 Å². The fourth-order valence-corrected chi connectivity index (χ4v) is 5.74. The Morgan fingerprint density at radius 3 is 2.61 bits per heavy atom. The van der Waals surface area contributed by atoms with Crippen LogP contribution in [-0.4, -0.2) is 35.9 Å². The van der Waals surface area contributed by atoms with E-state index in [0.717, 1.165) is 11.3 Å². The Bertz CT molecular complexity index is 1160. The number of sulfone groups is 1. The van der Waals surface area contributed by atoms with Crippen molar-refractivity contribution in [1.29, 1.82) is 0 Å². The number of nitrogens with two attached hydrogens (primary N) is 1. The summed E-state index contributed by atoms with van der Waals surface area (Å²) in [7, 11) is -3.91. The van der Waals surface area contributed by atoms with Gasteiger partial charge in [-0.15, -0.1) is 11.8 Å². The molecule has 2 aromatic heterocycles. The van der Waals surface area contributed by atoms with Crippen molar-refractivity contribution in [2.75, 3.05) is 12.9 Å². The van der Waals surface area contributed by atoms with Crippen molar-refractivity contribution in [1.82, 2.24) is 14.6 Å². The highest BCUT2D eigenvalue weighted by Gasteiger charge is 2.30. The number of thioether (sulfide) groups is 1. The maximum Gasteiger partial charge on any atom is 0.213 e. The zero-order valence-electron chi connectivity index (χ0n) is 16.0. The van der Waals surface area contributed by atoms with Gasteiger partial charge in [0.05, 0.1) is 16.5 Å². The Labute approximate surface area is 173 Å². The third-order valence-electron chi connectivity index (χ3n) is 4.43. The van der Waals surface area contributed by atoms with Gasteiger partial charge < -0.3 is 10.5 Å². The van der Waals surface area contributed by atoms with E-state index in [-0.39, 0.29) is 20.5 Å². The van der Waals surface area contributed by atoms with Crippen LogP contribution in [0.15, 0.2) is 33.0 Å². The molecule has 0 fully saturated rings. The molecule has 150 valence electrons. The lowest BCUT2D eigenvalue weighted by Crippen LogP contribution is -2.10. The van der Waals surface area contributed by atoms with E-state index in [9.17, 15) is 8.42 Å². The van der Waals surface area contributed by atoms with Crippen LogP contribution >= 0.6 is 23.4 Å². The summed E-state index contributed by atoms with van der Waals surface area (Å²) in [6.45, 7) is 6.22. The quantitative estimate of drug-likeness (QED) is 0.586. The van der Waals surface area contributed by atoms with Gasteiger partial charge in [-0.3, -0.25) is 0 Å². The summed E-state index contributed by atoms with van der Waals surface area (Å²) in [5.74, 6) is 0.436. The third kappa shape index (κ3) is 3.36. The van der Waals surface area contributed by atoms with E-state index in [1.54, 1.807) is 16.8 Å². The van der Waals surface area contributed by atoms with E-state index in [4.69, 9.17) is 22.1 Å². The molecular weight excluding hydrogens is 420 g/mol. The SMILES string of the molecule is CCOc1ccc(S(=O)(=O)c2c(SC)nn3c(C)c(CN)c(C)nc23)cc1Cl. The highest BCUT2D eigenvalue weighted by atomic mass is 35.5. The number of hydrogen-bond acceptors (Lipinski definition) is 7. The van der Waals surface area contributed by atoms with E-state index in [0.29, 0.717) is 29.6 Å². The minimum Gasteiger partial charge on any atom is -0.492 e. The molecule has 7 nitrogen and oxygen atoms in total. The van der Waals surface area contributed by atoms with E-state index in [1.807, 2.05) is 20.8 Å². The van der Waals surface area contributed by atoms with Crippen molar-refractivity contribution in [2.24, 2.45) is 5.73 Å². The van der Waals surface area contributed by atoms with Crippen LogP contribution in [0.25, 0.3) is 5.65 Å². The Morgan fingerprint density at radius 2 is 2.04 bits per heavy atom. The molecule has 0 aliphatic carbocycles. The summed E-state index contributed by atoms with van der Waals surface area (Å²) < 4.78 is 33.9. The number of benzene rings is 1. The Kier molecular flexibility index (Phi) is 5.90. The number of fused-ring (bicyclic) bond motifs is 1. The van der Waals surface area contributed by atoms with Crippen LogP contribution in [0.4, 0.5) is 0 Å². The number of nitrogens with zero attached hydrogens (tertiary/aromatic N) is 3. The normalized spacial score (nSPS) is 11.9. The van der Waals surface area contributed by atoms with E-state index in [1.165, 1.54) is 23.9 Å². The highest BCUT2D eigenvalue weighted by Crippen LogP contribution is 2.36. The van der Waals surface area contributed by atoms with Gasteiger partial charge in [-0.1, -0.05) is 11.6 Å². The van der Waals surface area contributed by atoms with Crippen LogP contribution in [0.5, 0.6) is 5.75 Å². The minimum absolute atomic E-state index is 0.0613. The Morgan fingerprint density at radius 1 is 1.32 bits per heavy atom. The van der Waals surface area contributed by atoms with Crippen LogP contribution < -0.4 is 10.5 Å². The van der Waals surface area contributed by atoms with Crippen molar-refractivity contribution in [3.8, 4) is 5.75 Å². The lowest BCUT2D eigenvalue weighted by Gasteiger charge is -2.10.